The zero-order valence-electron chi connectivity index (χ0n) is 28.7. The lowest BCUT2D eigenvalue weighted by Gasteiger charge is -2.29. The molecule has 0 saturated heterocycles. The van der Waals surface area contributed by atoms with Crippen LogP contribution >= 0.6 is 0 Å². The predicted octanol–water partition coefficient (Wildman–Crippen LogP) is 3.27. The van der Waals surface area contributed by atoms with Crippen molar-refractivity contribution in [3.8, 4) is 5.75 Å². The van der Waals surface area contributed by atoms with E-state index >= 15 is 0 Å². The van der Waals surface area contributed by atoms with Gasteiger partial charge >= 0.3 is 0 Å². The maximum absolute atomic E-state index is 13.6. The van der Waals surface area contributed by atoms with Crippen LogP contribution in [0, 0.1) is 23.6 Å². The lowest BCUT2D eigenvalue weighted by atomic mass is 9.98. The Bertz CT molecular complexity index is 1410. The van der Waals surface area contributed by atoms with Crippen LogP contribution in [-0.4, -0.2) is 66.9 Å². The molecule has 0 spiro atoms. The molecule has 4 atom stereocenters. The number of ether oxygens (including phenoxy) is 1. The smallest absolute Gasteiger partial charge is 0.255 e. The first-order chi connectivity index (χ1) is 22.7. The van der Waals surface area contributed by atoms with E-state index < -0.39 is 47.8 Å². The summed E-state index contributed by atoms with van der Waals surface area (Å²) in [5.41, 5.74) is 1.01. The van der Waals surface area contributed by atoms with Crippen LogP contribution in [0.15, 0.2) is 48.5 Å². The molecule has 0 radical (unpaired) electrons. The van der Waals surface area contributed by atoms with Crippen molar-refractivity contribution in [3.05, 3.63) is 65.5 Å². The van der Waals surface area contributed by atoms with Gasteiger partial charge in [0.15, 0.2) is 0 Å². The molecule has 11 nitrogen and oxygen atoms in total. The fraction of sp³-hybridized carbons (Fsp3) is 0.528. The molecule has 2 aromatic rings. The highest BCUT2D eigenvalue weighted by Crippen LogP contribution is 2.20. The first-order valence-corrected chi connectivity index (χ1v) is 16.7. The molecule has 5 amide bonds. The number of carbonyl (C=O) groups is 5. The topological polar surface area (TPSA) is 155 Å². The maximum Gasteiger partial charge on any atom is 0.255 e. The molecule has 0 aromatic heterocycles. The predicted molar refractivity (Wildman–Crippen MR) is 180 cm³/mol. The molecule has 1 heterocycles. The van der Waals surface area contributed by atoms with Gasteiger partial charge in [0.2, 0.25) is 23.6 Å². The van der Waals surface area contributed by atoms with E-state index in [0.29, 0.717) is 12.8 Å². The van der Waals surface area contributed by atoms with Gasteiger partial charge in [0.05, 0.1) is 11.6 Å². The number of nitrogens with one attached hydrogen (secondary N) is 5. The van der Waals surface area contributed by atoms with Crippen LogP contribution in [0.4, 0.5) is 4.39 Å². The van der Waals surface area contributed by atoms with E-state index in [1.807, 2.05) is 41.5 Å². The van der Waals surface area contributed by atoms with Crippen LogP contribution in [0.3, 0.4) is 0 Å². The second kappa shape index (κ2) is 18.2. The van der Waals surface area contributed by atoms with Gasteiger partial charge in [0, 0.05) is 13.0 Å². The summed E-state index contributed by atoms with van der Waals surface area (Å²) >= 11 is 0. The molecule has 1 aliphatic heterocycles. The van der Waals surface area contributed by atoms with E-state index in [1.165, 1.54) is 12.1 Å². The minimum atomic E-state index is -1.09. The number of hydrogen-bond donors (Lipinski definition) is 5. The Morgan fingerprint density at radius 2 is 1.56 bits per heavy atom. The molecule has 0 saturated carbocycles. The number of benzene rings is 2. The second-order valence-corrected chi connectivity index (χ2v) is 13.4. The van der Waals surface area contributed by atoms with Crippen molar-refractivity contribution in [2.75, 3.05) is 13.2 Å². The Labute approximate surface area is 282 Å². The molecule has 0 aliphatic carbocycles. The normalized spacial score (nSPS) is 21.6. The average Bonchev–Trinajstić information content (AvgIpc) is 3.03. The van der Waals surface area contributed by atoms with E-state index in [4.69, 9.17) is 4.74 Å². The first kappa shape index (κ1) is 38.0. The minimum absolute atomic E-state index is 0.0474. The highest BCUT2D eigenvalue weighted by molar-refractivity contribution is 6.00. The largest absolute Gasteiger partial charge is 0.491 e. The number of para-hydroxylation sites is 1. The van der Waals surface area contributed by atoms with Crippen LogP contribution in [-0.2, 0) is 25.6 Å². The zero-order chi connectivity index (χ0) is 35.4. The molecule has 0 unspecified atom stereocenters. The molecule has 12 heteroatoms. The fourth-order valence-electron chi connectivity index (χ4n) is 5.28. The molecule has 3 rings (SSSR count). The van der Waals surface area contributed by atoms with E-state index in [9.17, 15) is 28.4 Å². The monoisotopic (exact) mass is 667 g/mol. The summed E-state index contributed by atoms with van der Waals surface area (Å²) in [7, 11) is 0. The third-order valence-electron chi connectivity index (χ3n) is 8.20. The second-order valence-electron chi connectivity index (χ2n) is 13.4. The van der Waals surface area contributed by atoms with Crippen LogP contribution in [0.5, 0.6) is 5.75 Å². The lowest BCUT2D eigenvalue weighted by Crippen LogP contribution is -2.58. The van der Waals surface area contributed by atoms with Crippen LogP contribution in [0.1, 0.15) is 76.7 Å². The van der Waals surface area contributed by atoms with Gasteiger partial charge in [-0.2, -0.15) is 0 Å². The summed E-state index contributed by atoms with van der Waals surface area (Å²) in [5.74, 6) is -2.78. The Hall–Kier alpha value is -4.48. The first-order valence-electron chi connectivity index (χ1n) is 16.7. The van der Waals surface area contributed by atoms with Crippen molar-refractivity contribution in [3.63, 3.8) is 0 Å². The van der Waals surface area contributed by atoms with Crippen LogP contribution in [0.2, 0.25) is 0 Å². The van der Waals surface area contributed by atoms with Crippen molar-refractivity contribution in [1.29, 1.82) is 0 Å². The van der Waals surface area contributed by atoms with Gasteiger partial charge in [-0.15, -0.1) is 0 Å². The number of rotatable bonds is 8. The Morgan fingerprint density at radius 3 is 2.21 bits per heavy atom. The van der Waals surface area contributed by atoms with Crippen molar-refractivity contribution < 1.29 is 33.1 Å². The maximum atomic E-state index is 13.6. The van der Waals surface area contributed by atoms with E-state index in [1.54, 1.807) is 36.4 Å². The molecule has 0 fully saturated rings. The number of fused-ring (bicyclic) bond motifs is 1. The summed E-state index contributed by atoms with van der Waals surface area (Å²) in [6.07, 6.45) is 0.542. The summed E-state index contributed by atoms with van der Waals surface area (Å²) in [5, 5.41) is 14.2. The molecule has 0 bridgehead atoms. The highest BCUT2D eigenvalue weighted by atomic mass is 19.1. The lowest BCUT2D eigenvalue weighted by molar-refractivity contribution is -0.133. The molecule has 5 N–H and O–H groups in total. The SMILES string of the molecule is CC(C)C[C@H]1NC(=O)CC[C@@H](C(=O)NCCc2ccc(F)cc2)NC(=O)c2ccccc2OC[C@@H](C(C)C)NC(=O)[C@H](C(C)C)NC1=O. The third-order valence-corrected chi connectivity index (χ3v) is 8.20. The van der Waals surface area contributed by atoms with Crippen LogP contribution in [0.25, 0.3) is 0 Å². The summed E-state index contributed by atoms with van der Waals surface area (Å²) in [6, 6.07) is 9.19. The van der Waals surface area contributed by atoms with Crippen molar-refractivity contribution in [2.45, 2.75) is 91.4 Å². The Balaban J connectivity index is 1.91. The van der Waals surface area contributed by atoms with Gasteiger partial charge in [-0.05, 0) is 66.8 Å². The Kier molecular flexibility index (Phi) is 14.4. The van der Waals surface area contributed by atoms with Crippen molar-refractivity contribution in [1.82, 2.24) is 26.6 Å². The molecule has 1 aliphatic rings. The highest BCUT2D eigenvalue weighted by Gasteiger charge is 2.32. The summed E-state index contributed by atoms with van der Waals surface area (Å²) < 4.78 is 19.4. The van der Waals surface area contributed by atoms with Gasteiger partial charge in [0.25, 0.3) is 5.91 Å². The summed E-state index contributed by atoms with van der Waals surface area (Å²) in [6.45, 7) is 11.6. The standard InChI is InChI=1S/C36H50FN5O6/c1-21(2)19-28-35(46)42-32(23(5)6)36(47)41-29(22(3)4)20-48-30-10-8-7-9-26(30)33(44)40-27(15-16-31(43)39-28)34(45)38-18-17-24-11-13-25(37)14-12-24/h7-14,21-23,27-29,32H,15-20H2,1-6H3,(H,38,45)(H,39,43)(H,40,44)(H,41,47)(H,42,46)/t27-,28+,29-,32-/m0/s1. The van der Waals surface area contributed by atoms with Crippen molar-refractivity contribution >= 4 is 29.5 Å². The minimum Gasteiger partial charge on any atom is -0.491 e. The van der Waals surface area contributed by atoms with E-state index in [0.717, 1.165) is 5.56 Å². The number of hydrogen-bond acceptors (Lipinski definition) is 6. The zero-order valence-corrected chi connectivity index (χ0v) is 28.7. The third kappa shape index (κ3) is 11.6. The Morgan fingerprint density at radius 1 is 0.875 bits per heavy atom. The number of carbonyl (C=O) groups excluding carboxylic acids is 5. The number of halogens is 1. The van der Waals surface area contributed by atoms with Crippen molar-refractivity contribution in [2.24, 2.45) is 17.8 Å². The summed E-state index contributed by atoms with van der Waals surface area (Å²) in [4.78, 5) is 67.2. The average molecular weight is 668 g/mol. The molecule has 2 aromatic carbocycles. The van der Waals surface area contributed by atoms with Gasteiger partial charge in [-0.3, -0.25) is 24.0 Å². The van der Waals surface area contributed by atoms with Gasteiger partial charge < -0.3 is 31.3 Å². The molecular formula is C36H50FN5O6. The molecular weight excluding hydrogens is 617 g/mol. The fourth-order valence-corrected chi connectivity index (χ4v) is 5.28. The number of amides is 5. The van der Waals surface area contributed by atoms with Crippen LogP contribution < -0.4 is 31.3 Å². The van der Waals surface area contributed by atoms with E-state index in [-0.39, 0.29) is 66.8 Å². The molecule has 48 heavy (non-hydrogen) atoms. The molecule has 262 valence electrons. The quantitative estimate of drug-likeness (QED) is 0.291. The van der Waals surface area contributed by atoms with Gasteiger partial charge in [0.1, 0.15) is 36.3 Å². The van der Waals surface area contributed by atoms with Gasteiger partial charge in [-0.1, -0.05) is 65.8 Å². The van der Waals surface area contributed by atoms with Gasteiger partial charge in [-0.25, -0.2) is 4.39 Å². The van der Waals surface area contributed by atoms with E-state index in [2.05, 4.69) is 26.6 Å².